The molecule has 0 unspecified atom stereocenters. The first-order valence-corrected chi connectivity index (χ1v) is 9.43. The Balaban J connectivity index is 1.70. The summed E-state index contributed by atoms with van der Waals surface area (Å²) >= 11 is 0.681. The minimum Gasteiger partial charge on any atom is -0.497 e. The highest BCUT2D eigenvalue weighted by atomic mass is 32.2. The third kappa shape index (κ3) is 3.48. The molecule has 1 fully saturated rings. The molecule has 142 valence electrons. The monoisotopic (exact) mass is 394 g/mol. The molecule has 1 N–H and O–H groups in total. The van der Waals surface area contributed by atoms with Crippen molar-refractivity contribution in [1.29, 1.82) is 0 Å². The van der Waals surface area contributed by atoms with Crippen molar-refractivity contribution in [3.63, 3.8) is 0 Å². The lowest BCUT2D eigenvalue weighted by molar-refractivity contribution is -0.107. The maximum absolute atomic E-state index is 11.9. The zero-order chi connectivity index (χ0) is 19.7. The first-order valence-electron chi connectivity index (χ1n) is 8.62. The highest BCUT2D eigenvalue weighted by molar-refractivity contribution is 8.27. The SMILES string of the molecule is COc1cc(Cn2ccc3c(C=C4NC(=O)SC4=O)cccc32)cc(OC)c1. The molecule has 2 aromatic carbocycles. The van der Waals surface area contributed by atoms with Gasteiger partial charge in [-0.25, -0.2) is 0 Å². The summed E-state index contributed by atoms with van der Waals surface area (Å²) in [7, 11) is 3.26. The Morgan fingerprint density at radius 3 is 2.46 bits per heavy atom. The first kappa shape index (κ1) is 18.2. The van der Waals surface area contributed by atoms with Crippen LogP contribution < -0.4 is 14.8 Å². The zero-order valence-corrected chi connectivity index (χ0v) is 16.2. The Bertz CT molecular complexity index is 1090. The van der Waals surface area contributed by atoms with Crippen LogP contribution in [-0.4, -0.2) is 29.1 Å². The minimum atomic E-state index is -0.340. The van der Waals surface area contributed by atoms with Gasteiger partial charge in [0, 0.05) is 41.5 Å². The second-order valence-electron chi connectivity index (χ2n) is 6.30. The molecule has 0 spiro atoms. The number of carbonyl (C=O) groups is 2. The van der Waals surface area contributed by atoms with Crippen molar-refractivity contribution in [3.8, 4) is 11.5 Å². The van der Waals surface area contributed by atoms with Crippen molar-refractivity contribution in [2.75, 3.05) is 14.2 Å². The number of benzene rings is 2. The molecule has 1 aliphatic rings. The number of thioether (sulfide) groups is 1. The van der Waals surface area contributed by atoms with Gasteiger partial charge in [-0.2, -0.15) is 0 Å². The molecule has 1 amide bonds. The number of hydrogen-bond donors (Lipinski definition) is 1. The molecular formula is C21H18N2O4S. The molecule has 0 radical (unpaired) electrons. The summed E-state index contributed by atoms with van der Waals surface area (Å²) in [5.74, 6) is 1.48. The fourth-order valence-corrected chi connectivity index (χ4v) is 3.79. The molecule has 0 saturated carbocycles. The molecule has 4 rings (SSSR count). The summed E-state index contributed by atoms with van der Waals surface area (Å²) in [6.07, 6.45) is 3.73. The van der Waals surface area contributed by atoms with Crippen molar-refractivity contribution in [2.24, 2.45) is 0 Å². The van der Waals surface area contributed by atoms with Gasteiger partial charge in [0.2, 0.25) is 5.12 Å². The molecule has 0 atom stereocenters. The third-order valence-corrected chi connectivity index (χ3v) is 5.25. The molecule has 2 heterocycles. The van der Waals surface area contributed by atoms with Crippen LogP contribution in [0.15, 0.2) is 54.4 Å². The molecule has 1 aromatic heterocycles. The second kappa shape index (κ2) is 7.44. The largest absolute Gasteiger partial charge is 0.497 e. The Kier molecular flexibility index (Phi) is 4.83. The molecule has 3 aromatic rings. The van der Waals surface area contributed by atoms with E-state index in [9.17, 15) is 9.59 Å². The highest BCUT2D eigenvalue weighted by Gasteiger charge is 2.25. The Morgan fingerprint density at radius 2 is 1.82 bits per heavy atom. The molecule has 1 aliphatic heterocycles. The van der Waals surface area contributed by atoms with Crippen molar-refractivity contribution in [1.82, 2.24) is 9.88 Å². The standard InChI is InChI=1S/C21H18N2O4S/c1-26-15-8-13(9-16(11-15)27-2)12-23-7-6-17-14(4-3-5-19(17)23)10-18-20(24)28-21(25)22-18/h3-11H,12H2,1-2H3,(H,22,25). The lowest BCUT2D eigenvalue weighted by atomic mass is 10.1. The van der Waals surface area contributed by atoms with E-state index in [2.05, 4.69) is 9.88 Å². The number of amides is 1. The van der Waals surface area contributed by atoms with Crippen LogP contribution in [0.25, 0.3) is 17.0 Å². The average Bonchev–Trinajstić information content (AvgIpc) is 3.24. The van der Waals surface area contributed by atoms with Gasteiger partial charge in [0.15, 0.2) is 0 Å². The van der Waals surface area contributed by atoms with E-state index in [1.165, 1.54) is 0 Å². The molecule has 0 bridgehead atoms. The fourth-order valence-electron chi connectivity index (χ4n) is 3.24. The maximum atomic E-state index is 11.9. The number of fused-ring (bicyclic) bond motifs is 1. The predicted molar refractivity (Wildman–Crippen MR) is 110 cm³/mol. The first-order chi connectivity index (χ1) is 13.6. The van der Waals surface area contributed by atoms with E-state index in [4.69, 9.17) is 9.47 Å². The summed E-state index contributed by atoms with van der Waals surface area (Å²) in [4.78, 5) is 23.3. The predicted octanol–water partition coefficient (Wildman–Crippen LogP) is 4.03. The number of methoxy groups -OCH3 is 2. The van der Waals surface area contributed by atoms with E-state index in [-0.39, 0.29) is 10.4 Å². The van der Waals surface area contributed by atoms with Crippen LogP contribution in [0.4, 0.5) is 4.79 Å². The smallest absolute Gasteiger partial charge is 0.291 e. The lowest BCUT2D eigenvalue weighted by Crippen LogP contribution is -2.10. The van der Waals surface area contributed by atoms with Gasteiger partial charge in [0.05, 0.1) is 19.9 Å². The van der Waals surface area contributed by atoms with Crippen molar-refractivity contribution >= 4 is 39.1 Å². The number of aromatic nitrogens is 1. The average molecular weight is 394 g/mol. The van der Waals surface area contributed by atoms with Gasteiger partial charge in [-0.15, -0.1) is 0 Å². The summed E-state index contributed by atoms with van der Waals surface area (Å²) in [5.41, 5.74) is 3.27. The highest BCUT2D eigenvalue weighted by Crippen LogP contribution is 2.28. The third-order valence-electron chi connectivity index (χ3n) is 4.55. The quantitative estimate of drug-likeness (QED) is 0.662. The van der Waals surface area contributed by atoms with Crippen LogP contribution in [0.2, 0.25) is 0 Å². The number of carbonyl (C=O) groups excluding carboxylic acids is 2. The van der Waals surface area contributed by atoms with Crippen molar-refractivity contribution in [2.45, 2.75) is 6.54 Å². The van der Waals surface area contributed by atoms with Crippen LogP contribution in [0.1, 0.15) is 11.1 Å². The fraction of sp³-hybridized carbons (Fsp3) is 0.143. The van der Waals surface area contributed by atoms with Gasteiger partial charge < -0.3 is 19.4 Å². The molecular weight excluding hydrogens is 376 g/mol. The van der Waals surface area contributed by atoms with Crippen molar-refractivity contribution < 1.29 is 19.1 Å². The van der Waals surface area contributed by atoms with Crippen LogP contribution in [0, 0.1) is 0 Å². The molecule has 0 aliphatic carbocycles. The number of hydrogen-bond acceptors (Lipinski definition) is 5. The molecule has 28 heavy (non-hydrogen) atoms. The van der Waals surface area contributed by atoms with Crippen LogP contribution in [0.3, 0.4) is 0 Å². The number of nitrogens with one attached hydrogen (secondary N) is 1. The van der Waals surface area contributed by atoms with Crippen LogP contribution in [0.5, 0.6) is 11.5 Å². The van der Waals surface area contributed by atoms with Crippen molar-refractivity contribution in [3.05, 3.63) is 65.5 Å². The van der Waals surface area contributed by atoms with Gasteiger partial charge >= 0.3 is 0 Å². The summed E-state index contributed by atoms with van der Waals surface area (Å²) in [5, 5.41) is 2.99. The van der Waals surface area contributed by atoms with Crippen LogP contribution >= 0.6 is 11.8 Å². The topological polar surface area (TPSA) is 69.6 Å². The van der Waals surface area contributed by atoms with E-state index in [1.807, 2.05) is 48.7 Å². The number of nitrogens with zero attached hydrogens (tertiary/aromatic N) is 1. The minimum absolute atomic E-state index is 0.259. The van der Waals surface area contributed by atoms with Gasteiger partial charge in [0.1, 0.15) is 11.5 Å². The Morgan fingerprint density at radius 1 is 1.07 bits per heavy atom. The van der Waals surface area contributed by atoms with Gasteiger partial charge in [-0.05, 0) is 41.5 Å². The summed E-state index contributed by atoms with van der Waals surface area (Å²) < 4.78 is 12.8. The second-order valence-corrected chi connectivity index (χ2v) is 7.25. The summed E-state index contributed by atoms with van der Waals surface area (Å²) in [6, 6.07) is 13.7. The normalized spacial score (nSPS) is 15.3. The maximum Gasteiger partial charge on any atom is 0.291 e. The zero-order valence-electron chi connectivity index (χ0n) is 15.4. The molecule has 1 saturated heterocycles. The number of rotatable bonds is 5. The summed E-state index contributed by atoms with van der Waals surface area (Å²) in [6.45, 7) is 0.641. The van der Waals surface area contributed by atoms with E-state index >= 15 is 0 Å². The van der Waals surface area contributed by atoms with Gasteiger partial charge in [-0.3, -0.25) is 9.59 Å². The van der Waals surface area contributed by atoms with Crippen LogP contribution in [-0.2, 0) is 11.3 Å². The Labute approximate surface area is 166 Å². The van der Waals surface area contributed by atoms with E-state index in [0.717, 1.165) is 33.5 Å². The molecule has 7 heteroatoms. The van der Waals surface area contributed by atoms with E-state index < -0.39 is 0 Å². The van der Waals surface area contributed by atoms with Gasteiger partial charge in [0.25, 0.3) is 5.24 Å². The van der Waals surface area contributed by atoms with E-state index in [1.54, 1.807) is 20.3 Å². The van der Waals surface area contributed by atoms with E-state index in [0.29, 0.717) is 24.0 Å². The van der Waals surface area contributed by atoms with Gasteiger partial charge in [-0.1, -0.05) is 12.1 Å². The lowest BCUT2D eigenvalue weighted by Gasteiger charge is -2.10. The number of ether oxygens (including phenoxy) is 2. The molecule has 6 nitrogen and oxygen atoms in total. The Hall–Kier alpha value is -3.19.